The van der Waals surface area contributed by atoms with Crippen LogP contribution in [-0.4, -0.2) is 55.3 Å². The monoisotopic (exact) mass is 396 g/mol. The van der Waals surface area contributed by atoms with E-state index in [1.54, 1.807) is 6.92 Å². The van der Waals surface area contributed by atoms with Crippen LogP contribution in [0.4, 0.5) is 0 Å². The van der Waals surface area contributed by atoms with Crippen molar-refractivity contribution in [3.8, 4) is 0 Å². The molecule has 2 aliphatic rings. The summed E-state index contributed by atoms with van der Waals surface area (Å²) in [4.78, 5) is 37.1. The van der Waals surface area contributed by atoms with Crippen LogP contribution in [0.5, 0.6) is 0 Å². The van der Waals surface area contributed by atoms with Crippen molar-refractivity contribution in [2.24, 2.45) is 11.3 Å². The number of ether oxygens (including phenoxy) is 1. The third kappa shape index (κ3) is 7.90. The predicted molar refractivity (Wildman–Crippen MR) is 111 cm³/mol. The Kier molecular flexibility index (Phi) is 11.4. The van der Waals surface area contributed by atoms with Gasteiger partial charge < -0.3 is 15.0 Å². The minimum atomic E-state index is 0.111. The molecule has 0 bridgehead atoms. The van der Waals surface area contributed by atoms with Crippen molar-refractivity contribution < 1.29 is 19.1 Å². The summed E-state index contributed by atoms with van der Waals surface area (Å²) in [7, 11) is 0. The molecule has 6 nitrogen and oxygen atoms in total. The molecule has 1 heterocycles. The van der Waals surface area contributed by atoms with Gasteiger partial charge in [0.1, 0.15) is 5.78 Å². The normalized spacial score (nSPS) is 18.9. The number of hydrogen-bond acceptors (Lipinski definition) is 4. The average Bonchev–Trinajstić information content (AvgIpc) is 2.70. The van der Waals surface area contributed by atoms with Crippen molar-refractivity contribution in [1.82, 2.24) is 10.2 Å². The van der Waals surface area contributed by atoms with Crippen molar-refractivity contribution in [2.45, 2.75) is 79.1 Å². The van der Waals surface area contributed by atoms with E-state index in [2.05, 4.69) is 5.32 Å². The Hall–Kier alpha value is -1.43. The molecule has 2 rings (SSSR count). The first-order valence-corrected chi connectivity index (χ1v) is 11.1. The van der Waals surface area contributed by atoms with Crippen molar-refractivity contribution in [3.05, 3.63) is 0 Å². The highest BCUT2D eigenvalue weighted by Crippen LogP contribution is 2.46. The fraction of sp³-hybridized carbons (Fsp3) is 0.864. The van der Waals surface area contributed by atoms with Crippen LogP contribution in [0.25, 0.3) is 0 Å². The lowest BCUT2D eigenvalue weighted by atomic mass is 9.65. The molecule has 0 aromatic heterocycles. The molecule has 1 spiro atoms. The number of Topliss-reactive ketones (excluding diaryl/α,β-unsaturated/α-hetero) is 1. The molecule has 1 aliphatic carbocycles. The second-order valence-electron chi connectivity index (χ2n) is 7.86. The Bertz CT molecular complexity index is 489. The van der Waals surface area contributed by atoms with E-state index in [0.29, 0.717) is 38.0 Å². The smallest absolute Gasteiger partial charge is 0.224 e. The highest BCUT2D eigenvalue weighted by molar-refractivity contribution is 5.78. The molecule has 2 fully saturated rings. The summed E-state index contributed by atoms with van der Waals surface area (Å²) in [5.41, 5.74) is 0.331. The zero-order valence-electron chi connectivity index (χ0n) is 18.3. The quantitative estimate of drug-likeness (QED) is 0.639. The van der Waals surface area contributed by atoms with Crippen LogP contribution in [0.3, 0.4) is 0 Å². The molecule has 0 aromatic carbocycles. The van der Waals surface area contributed by atoms with E-state index in [0.717, 1.165) is 51.6 Å². The van der Waals surface area contributed by atoms with Gasteiger partial charge in [-0.15, -0.1) is 0 Å². The zero-order valence-corrected chi connectivity index (χ0v) is 18.3. The summed E-state index contributed by atoms with van der Waals surface area (Å²) < 4.78 is 5.36. The van der Waals surface area contributed by atoms with E-state index in [1.807, 2.05) is 25.7 Å². The van der Waals surface area contributed by atoms with Gasteiger partial charge in [0.2, 0.25) is 11.8 Å². The maximum Gasteiger partial charge on any atom is 0.224 e. The number of nitrogens with one attached hydrogen (secondary N) is 1. The number of likely N-dealkylation sites (tertiary alicyclic amines) is 1. The zero-order chi connectivity index (χ0) is 21.0. The van der Waals surface area contributed by atoms with Gasteiger partial charge in [-0.3, -0.25) is 14.4 Å². The maximum atomic E-state index is 12.3. The Morgan fingerprint density at radius 1 is 1.00 bits per heavy atom. The molecule has 162 valence electrons. The van der Waals surface area contributed by atoms with Gasteiger partial charge in [0, 0.05) is 32.0 Å². The largest absolute Gasteiger partial charge is 0.380 e. The van der Waals surface area contributed by atoms with Crippen LogP contribution in [0.2, 0.25) is 0 Å². The number of carbonyl (C=O) groups is 3. The summed E-state index contributed by atoms with van der Waals surface area (Å²) in [6.07, 6.45) is 7.06. The molecule has 1 N–H and O–H groups in total. The molecule has 1 aliphatic heterocycles. The number of nitrogens with zero attached hydrogens (tertiary/aromatic N) is 1. The molecular weight excluding hydrogens is 356 g/mol. The average molecular weight is 397 g/mol. The first kappa shape index (κ1) is 24.6. The molecule has 1 saturated carbocycles. The number of ketones is 1. The van der Waals surface area contributed by atoms with Crippen molar-refractivity contribution in [3.63, 3.8) is 0 Å². The first-order valence-electron chi connectivity index (χ1n) is 11.1. The molecule has 6 heteroatoms. The van der Waals surface area contributed by atoms with Gasteiger partial charge in [0.15, 0.2) is 0 Å². The lowest BCUT2D eigenvalue weighted by molar-refractivity contribution is -0.135. The van der Waals surface area contributed by atoms with E-state index in [4.69, 9.17) is 4.74 Å². The van der Waals surface area contributed by atoms with Crippen LogP contribution in [-0.2, 0) is 19.1 Å². The van der Waals surface area contributed by atoms with Crippen LogP contribution in [0.1, 0.15) is 79.1 Å². The summed E-state index contributed by atoms with van der Waals surface area (Å²) in [6, 6.07) is 0. The van der Waals surface area contributed by atoms with Crippen LogP contribution in [0, 0.1) is 11.3 Å². The first-order chi connectivity index (χ1) is 13.5. The molecule has 0 aromatic rings. The second-order valence-corrected chi connectivity index (χ2v) is 7.86. The van der Waals surface area contributed by atoms with Crippen LogP contribution in [0.15, 0.2) is 0 Å². The lowest BCUT2D eigenvalue weighted by Crippen LogP contribution is -2.45. The van der Waals surface area contributed by atoms with Gasteiger partial charge >= 0.3 is 0 Å². The summed E-state index contributed by atoms with van der Waals surface area (Å²) in [5, 5.41) is 2.94. The fourth-order valence-electron chi connectivity index (χ4n) is 4.18. The van der Waals surface area contributed by atoms with E-state index in [-0.39, 0.29) is 23.5 Å². The van der Waals surface area contributed by atoms with Crippen LogP contribution < -0.4 is 5.32 Å². The van der Waals surface area contributed by atoms with Crippen LogP contribution >= 0.6 is 0 Å². The minimum absolute atomic E-state index is 0.111. The van der Waals surface area contributed by atoms with Gasteiger partial charge in [0.05, 0.1) is 19.6 Å². The summed E-state index contributed by atoms with van der Waals surface area (Å²) in [5.74, 6) is 0.644. The fourth-order valence-corrected chi connectivity index (χ4v) is 4.18. The standard InChI is InChI=1S/C20H34N2O4.C2H6/c1-3-21-19(25)17-4-8-20(9-5-17)10-12-22(13-11-20)18(24)7-15-26-14-6-16(2)23;1-2/h17H,3-15H2,1-2H3,(H,21,25);1-2H3. The van der Waals surface area contributed by atoms with E-state index < -0.39 is 0 Å². The molecule has 0 atom stereocenters. The maximum absolute atomic E-state index is 12.3. The lowest BCUT2D eigenvalue weighted by Gasteiger charge is -2.45. The number of rotatable bonds is 8. The Balaban J connectivity index is 0.00000190. The van der Waals surface area contributed by atoms with Crippen molar-refractivity contribution >= 4 is 17.6 Å². The molecule has 0 radical (unpaired) electrons. The molecule has 28 heavy (non-hydrogen) atoms. The highest BCUT2D eigenvalue weighted by Gasteiger charge is 2.40. The van der Waals surface area contributed by atoms with E-state index in [1.165, 1.54) is 0 Å². The third-order valence-corrected chi connectivity index (χ3v) is 6.00. The molecular formula is C22H40N2O4. The molecule has 0 unspecified atom stereocenters. The number of piperidine rings is 1. The van der Waals surface area contributed by atoms with Gasteiger partial charge in [-0.2, -0.15) is 0 Å². The summed E-state index contributed by atoms with van der Waals surface area (Å²) >= 11 is 0. The van der Waals surface area contributed by atoms with Gasteiger partial charge in [-0.25, -0.2) is 0 Å². The number of hydrogen-bond donors (Lipinski definition) is 1. The van der Waals surface area contributed by atoms with E-state index in [9.17, 15) is 14.4 Å². The molecule has 1 saturated heterocycles. The Labute approximate surface area is 170 Å². The predicted octanol–water partition coefficient (Wildman–Crippen LogP) is 3.33. The highest BCUT2D eigenvalue weighted by atomic mass is 16.5. The Morgan fingerprint density at radius 3 is 2.11 bits per heavy atom. The van der Waals surface area contributed by atoms with Gasteiger partial charge in [-0.1, -0.05) is 13.8 Å². The third-order valence-electron chi connectivity index (χ3n) is 6.00. The Morgan fingerprint density at radius 2 is 1.57 bits per heavy atom. The molecule has 2 amide bonds. The van der Waals surface area contributed by atoms with Gasteiger partial charge in [0.25, 0.3) is 0 Å². The number of amides is 2. The van der Waals surface area contributed by atoms with Crippen molar-refractivity contribution in [2.75, 3.05) is 32.8 Å². The van der Waals surface area contributed by atoms with E-state index >= 15 is 0 Å². The second kappa shape index (κ2) is 12.9. The number of carbonyl (C=O) groups excluding carboxylic acids is 3. The van der Waals surface area contributed by atoms with Gasteiger partial charge in [-0.05, 0) is 57.8 Å². The summed E-state index contributed by atoms with van der Waals surface area (Å²) in [6.45, 7) is 10.6. The SMILES string of the molecule is CC.CCNC(=O)C1CCC2(CC1)CCN(C(=O)CCOCCC(C)=O)CC2. The van der Waals surface area contributed by atoms with Crippen molar-refractivity contribution in [1.29, 1.82) is 0 Å². The minimum Gasteiger partial charge on any atom is -0.380 e. The topological polar surface area (TPSA) is 75.7 Å².